The molecule has 0 radical (unpaired) electrons. The van der Waals surface area contributed by atoms with Crippen LogP contribution in [0, 0.1) is 5.82 Å². The van der Waals surface area contributed by atoms with Crippen molar-refractivity contribution in [2.75, 3.05) is 43.2 Å². The van der Waals surface area contributed by atoms with Gasteiger partial charge in [0.2, 0.25) is 5.91 Å². The van der Waals surface area contributed by atoms with Gasteiger partial charge >= 0.3 is 5.97 Å². The Labute approximate surface area is 220 Å². The fourth-order valence-electron chi connectivity index (χ4n) is 4.18. The zero-order chi connectivity index (χ0) is 27.4. The molecule has 8 nitrogen and oxygen atoms in total. The number of hydrogen-bond donors (Lipinski definition) is 3. The van der Waals surface area contributed by atoms with E-state index in [1.165, 1.54) is 12.1 Å². The molecule has 3 N–H and O–H groups in total. The maximum absolute atomic E-state index is 13.8. The third kappa shape index (κ3) is 6.07. The number of carbonyl (C=O) groups is 3. The number of amides is 2. The number of fused-ring (bicyclic) bond motifs is 1. The Morgan fingerprint density at radius 3 is 2.29 bits per heavy atom. The van der Waals surface area contributed by atoms with E-state index in [0.717, 1.165) is 5.69 Å². The molecule has 9 heteroatoms. The summed E-state index contributed by atoms with van der Waals surface area (Å²) in [5.41, 5.74) is 4.42. The molecule has 0 aliphatic carbocycles. The van der Waals surface area contributed by atoms with Crippen LogP contribution in [-0.4, -0.2) is 55.5 Å². The second kappa shape index (κ2) is 11.3. The van der Waals surface area contributed by atoms with Crippen LogP contribution in [-0.2, 0) is 20.8 Å². The lowest BCUT2D eigenvalue weighted by molar-refractivity contribution is -0.136. The number of carbonyl (C=O) groups excluding carboxylic acids is 2. The van der Waals surface area contributed by atoms with E-state index in [9.17, 15) is 18.8 Å². The Bertz CT molecular complexity index is 1400. The quantitative estimate of drug-likeness (QED) is 0.367. The Morgan fingerprint density at radius 1 is 0.974 bits per heavy atom. The Balaban J connectivity index is 1.68. The number of aliphatic carboxylic acids is 1. The average Bonchev–Trinajstić information content (AvgIpc) is 3.20. The van der Waals surface area contributed by atoms with Crippen LogP contribution in [0.2, 0.25) is 0 Å². The first kappa shape index (κ1) is 26.6. The van der Waals surface area contributed by atoms with Crippen LogP contribution in [0.3, 0.4) is 0 Å². The van der Waals surface area contributed by atoms with E-state index in [2.05, 4.69) is 10.6 Å². The summed E-state index contributed by atoms with van der Waals surface area (Å²) in [4.78, 5) is 40.2. The summed E-state index contributed by atoms with van der Waals surface area (Å²) < 4.78 is 13.8. The lowest BCUT2D eigenvalue weighted by Gasteiger charge is -2.20. The topological polar surface area (TPSA) is 102 Å². The van der Waals surface area contributed by atoms with Crippen LogP contribution in [0.5, 0.6) is 0 Å². The first-order chi connectivity index (χ1) is 18.1. The molecule has 4 rings (SSSR count). The molecule has 1 aliphatic heterocycles. The number of benzene rings is 3. The van der Waals surface area contributed by atoms with Crippen LogP contribution in [0.25, 0.3) is 11.3 Å². The molecule has 0 bridgehead atoms. The minimum atomic E-state index is -0.939. The van der Waals surface area contributed by atoms with Crippen LogP contribution >= 0.6 is 0 Å². The summed E-state index contributed by atoms with van der Waals surface area (Å²) in [5, 5.41) is 15.1. The van der Waals surface area contributed by atoms with Gasteiger partial charge in [0.15, 0.2) is 0 Å². The zero-order valence-electron chi connectivity index (χ0n) is 21.4. The van der Waals surface area contributed by atoms with E-state index in [4.69, 9.17) is 5.11 Å². The largest absolute Gasteiger partial charge is 0.481 e. The fraction of sp³-hybridized carbons (Fsp3) is 0.207. The number of carboxylic acids is 1. The number of anilines is 3. The molecule has 38 heavy (non-hydrogen) atoms. The normalized spacial score (nSPS) is 13.7. The van der Waals surface area contributed by atoms with Crippen LogP contribution in [0.1, 0.15) is 23.1 Å². The molecule has 2 amide bonds. The summed E-state index contributed by atoms with van der Waals surface area (Å²) in [6.07, 6.45) is 0.275. The molecule has 0 unspecified atom stereocenters. The third-order valence-electron chi connectivity index (χ3n) is 6.25. The number of rotatable bonds is 9. The molecule has 1 aliphatic rings. The molecule has 196 valence electrons. The summed E-state index contributed by atoms with van der Waals surface area (Å²) in [6, 6.07) is 18.2. The van der Waals surface area contributed by atoms with Crippen molar-refractivity contribution in [3.05, 3.63) is 89.2 Å². The van der Waals surface area contributed by atoms with Crippen LogP contribution in [0.4, 0.5) is 21.5 Å². The molecule has 0 saturated heterocycles. The van der Waals surface area contributed by atoms with Crippen molar-refractivity contribution in [1.29, 1.82) is 0 Å². The average molecular weight is 517 g/mol. The highest BCUT2D eigenvalue weighted by Gasteiger charge is 2.29. The molecular formula is C29H29FN4O4. The summed E-state index contributed by atoms with van der Waals surface area (Å²) in [7, 11) is 5.56. The van der Waals surface area contributed by atoms with E-state index in [-0.39, 0.29) is 18.2 Å². The summed E-state index contributed by atoms with van der Waals surface area (Å²) in [6.45, 7) is 0.651. The van der Waals surface area contributed by atoms with E-state index >= 15 is 0 Å². The number of halogens is 1. The predicted molar refractivity (Wildman–Crippen MR) is 146 cm³/mol. The fourth-order valence-corrected chi connectivity index (χ4v) is 4.18. The lowest BCUT2D eigenvalue weighted by Crippen LogP contribution is -2.29. The van der Waals surface area contributed by atoms with Crippen molar-refractivity contribution in [2.45, 2.75) is 12.8 Å². The highest BCUT2D eigenvalue weighted by atomic mass is 19.1. The van der Waals surface area contributed by atoms with E-state index in [1.807, 2.05) is 43.3 Å². The smallest absolute Gasteiger partial charge is 0.307 e. The van der Waals surface area contributed by atoms with Gasteiger partial charge in [-0.05, 0) is 67.7 Å². The first-order valence-electron chi connectivity index (χ1n) is 12.1. The van der Waals surface area contributed by atoms with Gasteiger partial charge in [-0.3, -0.25) is 14.4 Å². The lowest BCUT2D eigenvalue weighted by atomic mass is 9.98. The predicted octanol–water partition coefficient (Wildman–Crippen LogP) is 4.30. The Kier molecular flexibility index (Phi) is 7.87. The Morgan fingerprint density at radius 2 is 1.66 bits per heavy atom. The number of hydrogen-bond acceptors (Lipinski definition) is 5. The van der Waals surface area contributed by atoms with Gasteiger partial charge in [-0.15, -0.1) is 0 Å². The zero-order valence-corrected chi connectivity index (χ0v) is 21.4. The van der Waals surface area contributed by atoms with Gasteiger partial charge in [-0.25, -0.2) is 4.39 Å². The van der Waals surface area contributed by atoms with Crippen LogP contribution in [0.15, 0.2) is 66.7 Å². The van der Waals surface area contributed by atoms with Gasteiger partial charge in [0.05, 0.1) is 23.4 Å². The van der Waals surface area contributed by atoms with Crippen molar-refractivity contribution in [3.8, 4) is 0 Å². The first-order valence-corrected chi connectivity index (χ1v) is 12.1. The van der Waals surface area contributed by atoms with E-state index in [1.54, 1.807) is 42.3 Å². The van der Waals surface area contributed by atoms with Gasteiger partial charge in [0.1, 0.15) is 5.82 Å². The molecule has 3 aromatic carbocycles. The van der Waals surface area contributed by atoms with E-state index < -0.39 is 11.8 Å². The highest BCUT2D eigenvalue weighted by molar-refractivity contribution is 6.37. The van der Waals surface area contributed by atoms with E-state index in [0.29, 0.717) is 52.3 Å². The standard InChI is InChI=1S/C29H29FN4O4/c1-33(2)15-14-25(35)34(3)22-11-9-21(10-12-22)31-28(19-6-4-18(5-7-19)16-26(36)37)27-23-13-8-20(30)17-24(23)32-29(27)38/h4-13,17,31H,14-16H2,1-3H3,(H,32,38)(H,36,37)/b28-27-. The van der Waals surface area contributed by atoms with Crippen molar-refractivity contribution < 1.29 is 23.9 Å². The third-order valence-corrected chi connectivity index (χ3v) is 6.25. The van der Waals surface area contributed by atoms with Gasteiger partial charge in [-0.2, -0.15) is 0 Å². The monoisotopic (exact) mass is 516 g/mol. The minimum absolute atomic E-state index is 0.00451. The van der Waals surface area contributed by atoms with Gasteiger partial charge in [-0.1, -0.05) is 24.3 Å². The van der Waals surface area contributed by atoms with Crippen LogP contribution < -0.4 is 15.5 Å². The second-order valence-corrected chi connectivity index (χ2v) is 9.34. The second-order valence-electron chi connectivity index (χ2n) is 9.34. The minimum Gasteiger partial charge on any atom is -0.481 e. The molecule has 3 aromatic rings. The maximum atomic E-state index is 13.8. The molecule has 0 atom stereocenters. The van der Waals surface area contributed by atoms with Gasteiger partial charge < -0.3 is 25.5 Å². The molecule has 1 heterocycles. The van der Waals surface area contributed by atoms with Crippen molar-refractivity contribution in [1.82, 2.24) is 4.90 Å². The van der Waals surface area contributed by atoms with Crippen molar-refractivity contribution in [3.63, 3.8) is 0 Å². The molecule has 0 aromatic heterocycles. The maximum Gasteiger partial charge on any atom is 0.307 e. The molecule has 0 spiro atoms. The van der Waals surface area contributed by atoms with Gasteiger partial charge in [0.25, 0.3) is 5.91 Å². The highest BCUT2D eigenvalue weighted by Crippen LogP contribution is 2.38. The molecule has 0 fully saturated rings. The Hall–Kier alpha value is -4.50. The number of carboxylic acid groups (broad SMARTS) is 1. The summed E-state index contributed by atoms with van der Waals surface area (Å²) in [5.74, 6) is -1.79. The molecular weight excluding hydrogens is 487 g/mol. The SMILES string of the molecule is CN(C)CCC(=O)N(C)c1ccc(N/C(=C2\C(=O)Nc3cc(F)ccc32)c2ccc(CC(=O)O)cc2)cc1. The number of nitrogens with one attached hydrogen (secondary N) is 2. The van der Waals surface area contributed by atoms with Crippen molar-refractivity contribution in [2.24, 2.45) is 0 Å². The van der Waals surface area contributed by atoms with Crippen molar-refractivity contribution >= 4 is 46.1 Å². The number of nitrogens with zero attached hydrogens (tertiary/aromatic N) is 2. The molecule has 0 saturated carbocycles. The summed E-state index contributed by atoms with van der Waals surface area (Å²) >= 11 is 0. The van der Waals surface area contributed by atoms with Gasteiger partial charge in [0, 0.05) is 37.0 Å².